The summed E-state index contributed by atoms with van der Waals surface area (Å²) in [6.45, 7) is 2.08. The Bertz CT molecular complexity index is 908. The normalized spacial score (nSPS) is 11.8. The molecule has 0 bridgehead atoms. The molecule has 0 saturated heterocycles. The third-order valence-corrected chi connectivity index (χ3v) is 4.80. The zero-order valence-electron chi connectivity index (χ0n) is 16.5. The number of aryl methyl sites for hydroxylation is 1. The number of amides is 1. The van der Waals surface area contributed by atoms with E-state index in [9.17, 15) is 4.79 Å². The number of hydrogen-bond acceptors (Lipinski definition) is 5. The van der Waals surface area contributed by atoms with Crippen molar-refractivity contribution in [3.8, 4) is 17.1 Å². The van der Waals surface area contributed by atoms with Gasteiger partial charge in [0.2, 0.25) is 17.6 Å². The van der Waals surface area contributed by atoms with Gasteiger partial charge in [-0.2, -0.15) is 4.98 Å². The average molecular weight is 379 g/mol. The van der Waals surface area contributed by atoms with E-state index >= 15 is 0 Å². The molecule has 146 valence electrons. The van der Waals surface area contributed by atoms with Gasteiger partial charge < -0.3 is 14.2 Å². The topological polar surface area (TPSA) is 68.5 Å². The molecular formula is C22H25N3O3. The van der Waals surface area contributed by atoms with Crippen LogP contribution in [0.15, 0.2) is 59.1 Å². The highest BCUT2D eigenvalue weighted by atomic mass is 16.5. The molecule has 6 heteroatoms. The lowest BCUT2D eigenvalue weighted by Crippen LogP contribution is -2.31. The van der Waals surface area contributed by atoms with Crippen LogP contribution < -0.4 is 4.74 Å². The van der Waals surface area contributed by atoms with E-state index in [1.165, 1.54) is 0 Å². The highest BCUT2D eigenvalue weighted by molar-refractivity contribution is 5.76. The Balaban J connectivity index is 1.64. The standard InChI is InChI=1S/C22H25N3O3/c1-4-18(16-10-6-5-7-11-16)25(2)21(26)15-14-20-23-22(24-28-20)17-12-8-9-13-19(17)27-3/h5-13,18H,4,14-15H2,1-3H3/t18-/m1/s1. The minimum Gasteiger partial charge on any atom is -0.496 e. The Labute approximate surface area is 165 Å². The highest BCUT2D eigenvalue weighted by Crippen LogP contribution is 2.27. The second-order valence-electron chi connectivity index (χ2n) is 6.55. The molecule has 0 aliphatic rings. The molecule has 2 aromatic carbocycles. The summed E-state index contributed by atoms with van der Waals surface area (Å²) >= 11 is 0. The van der Waals surface area contributed by atoms with E-state index in [1.54, 1.807) is 12.0 Å². The van der Waals surface area contributed by atoms with Gasteiger partial charge in [-0.1, -0.05) is 54.5 Å². The number of aromatic nitrogens is 2. The molecule has 1 aromatic heterocycles. The Hall–Kier alpha value is -3.15. The number of benzene rings is 2. The fourth-order valence-corrected chi connectivity index (χ4v) is 3.27. The monoisotopic (exact) mass is 379 g/mol. The SMILES string of the molecule is CC[C@H](c1ccccc1)N(C)C(=O)CCc1nc(-c2ccccc2OC)no1. The summed E-state index contributed by atoms with van der Waals surface area (Å²) in [5.74, 6) is 1.63. The maximum absolute atomic E-state index is 12.7. The van der Waals surface area contributed by atoms with Crippen molar-refractivity contribution in [3.05, 3.63) is 66.1 Å². The first-order valence-electron chi connectivity index (χ1n) is 9.40. The number of nitrogens with zero attached hydrogens (tertiary/aromatic N) is 3. The molecule has 0 aliphatic carbocycles. The molecule has 0 saturated carbocycles. The van der Waals surface area contributed by atoms with Crippen molar-refractivity contribution in [1.82, 2.24) is 15.0 Å². The molecule has 0 aliphatic heterocycles. The van der Waals surface area contributed by atoms with E-state index in [4.69, 9.17) is 9.26 Å². The number of para-hydroxylation sites is 1. The van der Waals surface area contributed by atoms with Crippen molar-refractivity contribution >= 4 is 5.91 Å². The van der Waals surface area contributed by atoms with Gasteiger partial charge in [-0.3, -0.25) is 4.79 Å². The molecule has 3 rings (SSSR count). The Morgan fingerprint density at radius 2 is 1.86 bits per heavy atom. The zero-order chi connectivity index (χ0) is 19.9. The Kier molecular flexibility index (Phi) is 6.42. The van der Waals surface area contributed by atoms with Crippen molar-refractivity contribution < 1.29 is 14.1 Å². The van der Waals surface area contributed by atoms with E-state index in [0.29, 0.717) is 30.3 Å². The van der Waals surface area contributed by atoms with Crippen molar-refractivity contribution in [1.29, 1.82) is 0 Å². The van der Waals surface area contributed by atoms with Gasteiger partial charge in [0.1, 0.15) is 5.75 Å². The number of ether oxygens (including phenoxy) is 1. The van der Waals surface area contributed by atoms with Gasteiger partial charge in [-0.25, -0.2) is 0 Å². The van der Waals surface area contributed by atoms with Crippen molar-refractivity contribution in [3.63, 3.8) is 0 Å². The minimum atomic E-state index is 0.0488. The number of methoxy groups -OCH3 is 1. The number of hydrogen-bond donors (Lipinski definition) is 0. The number of rotatable bonds is 8. The molecular weight excluding hydrogens is 354 g/mol. The van der Waals surface area contributed by atoms with E-state index in [2.05, 4.69) is 29.2 Å². The summed E-state index contributed by atoms with van der Waals surface area (Å²) in [6.07, 6.45) is 1.56. The maximum atomic E-state index is 12.7. The first-order chi connectivity index (χ1) is 13.6. The van der Waals surface area contributed by atoms with Crippen LogP contribution in [0.5, 0.6) is 5.75 Å². The van der Waals surface area contributed by atoms with Crippen LogP contribution in [-0.4, -0.2) is 35.1 Å². The van der Waals surface area contributed by atoms with Crippen LogP contribution in [0.1, 0.15) is 37.3 Å². The smallest absolute Gasteiger partial charge is 0.227 e. The molecule has 1 heterocycles. The van der Waals surface area contributed by atoms with Crippen LogP contribution in [0, 0.1) is 0 Å². The van der Waals surface area contributed by atoms with Crippen LogP contribution >= 0.6 is 0 Å². The van der Waals surface area contributed by atoms with E-state index in [0.717, 1.165) is 17.5 Å². The fourth-order valence-electron chi connectivity index (χ4n) is 3.27. The van der Waals surface area contributed by atoms with Gasteiger partial charge in [-0.05, 0) is 24.1 Å². The number of carbonyl (C=O) groups excluding carboxylic acids is 1. The molecule has 0 unspecified atom stereocenters. The molecule has 3 aromatic rings. The van der Waals surface area contributed by atoms with Gasteiger partial charge in [-0.15, -0.1) is 0 Å². The van der Waals surface area contributed by atoms with Crippen LogP contribution in [-0.2, 0) is 11.2 Å². The van der Waals surface area contributed by atoms with Gasteiger partial charge in [0.05, 0.1) is 18.7 Å². The summed E-state index contributed by atoms with van der Waals surface area (Å²) in [7, 11) is 3.45. The van der Waals surface area contributed by atoms with E-state index in [-0.39, 0.29) is 11.9 Å². The molecule has 0 spiro atoms. The molecule has 1 atom stereocenters. The second-order valence-corrected chi connectivity index (χ2v) is 6.55. The summed E-state index contributed by atoms with van der Waals surface area (Å²) in [5, 5.41) is 4.03. The van der Waals surface area contributed by atoms with E-state index in [1.807, 2.05) is 49.5 Å². The Morgan fingerprint density at radius 3 is 2.57 bits per heavy atom. The van der Waals surface area contributed by atoms with Crippen molar-refractivity contribution in [2.75, 3.05) is 14.2 Å². The third-order valence-electron chi connectivity index (χ3n) is 4.80. The lowest BCUT2D eigenvalue weighted by atomic mass is 10.0. The van der Waals surface area contributed by atoms with Gasteiger partial charge >= 0.3 is 0 Å². The molecule has 0 fully saturated rings. The fraction of sp³-hybridized carbons (Fsp3) is 0.318. The van der Waals surface area contributed by atoms with Crippen molar-refractivity contribution in [2.45, 2.75) is 32.2 Å². The third kappa shape index (κ3) is 4.39. The summed E-state index contributed by atoms with van der Waals surface area (Å²) in [6, 6.07) is 17.6. The summed E-state index contributed by atoms with van der Waals surface area (Å²) in [4.78, 5) is 18.9. The van der Waals surface area contributed by atoms with Crippen LogP contribution in [0.25, 0.3) is 11.4 Å². The largest absolute Gasteiger partial charge is 0.496 e. The van der Waals surface area contributed by atoms with Crippen LogP contribution in [0.4, 0.5) is 0 Å². The molecule has 28 heavy (non-hydrogen) atoms. The van der Waals surface area contributed by atoms with Crippen molar-refractivity contribution in [2.24, 2.45) is 0 Å². The average Bonchev–Trinajstić information content (AvgIpc) is 3.22. The molecule has 0 N–H and O–H groups in total. The Morgan fingerprint density at radius 1 is 1.14 bits per heavy atom. The zero-order valence-corrected chi connectivity index (χ0v) is 16.5. The number of carbonyl (C=O) groups is 1. The van der Waals surface area contributed by atoms with E-state index < -0.39 is 0 Å². The minimum absolute atomic E-state index is 0.0488. The summed E-state index contributed by atoms with van der Waals surface area (Å²) in [5.41, 5.74) is 1.90. The first kappa shape index (κ1) is 19.6. The summed E-state index contributed by atoms with van der Waals surface area (Å²) < 4.78 is 10.7. The van der Waals surface area contributed by atoms with Crippen LogP contribution in [0.3, 0.4) is 0 Å². The lowest BCUT2D eigenvalue weighted by molar-refractivity contribution is -0.132. The predicted octanol–water partition coefficient (Wildman–Crippen LogP) is 4.29. The molecule has 6 nitrogen and oxygen atoms in total. The van der Waals surface area contributed by atoms with Gasteiger partial charge in [0, 0.05) is 19.9 Å². The lowest BCUT2D eigenvalue weighted by Gasteiger charge is -2.27. The molecule has 1 amide bonds. The second kappa shape index (κ2) is 9.17. The van der Waals surface area contributed by atoms with Gasteiger partial charge in [0.15, 0.2) is 0 Å². The predicted molar refractivity (Wildman–Crippen MR) is 107 cm³/mol. The maximum Gasteiger partial charge on any atom is 0.227 e. The highest BCUT2D eigenvalue weighted by Gasteiger charge is 2.21. The van der Waals surface area contributed by atoms with Crippen LogP contribution in [0.2, 0.25) is 0 Å². The van der Waals surface area contributed by atoms with Gasteiger partial charge in [0.25, 0.3) is 0 Å². The first-order valence-corrected chi connectivity index (χ1v) is 9.40. The molecule has 0 radical (unpaired) electrons. The quantitative estimate of drug-likeness (QED) is 0.584.